The van der Waals surface area contributed by atoms with Crippen molar-refractivity contribution in [2.45, 2.75) is 24.7 Å². The van der Waals surface area contributed by atoms with Crippen molar-refractivity contribution in [3.05, 3.63) is 95.1 Å². The lowest BCUT2D eigenvalue weighted by Crippen LogP contribution is -1.92. The zero-order valence-corrected chi connectivity index (χ0v) is 12.7. The molecular weight excluding hydrogens is 264 g/mol. The van der Waals surface area contributed by atoms with Crippen LogP contribution in [-0.4, -0.2) is 0 Å². The number of hydrogen-bond acceptors (Lipinski definition) is 0. The first kappa shape index (κ1) is 13.3. The molecule has 22 heavy (non-hydrogen) atoms. The molecule has 0 unspecified atom stereocenters. The van der Waals surface area contributed by atoms with Gasteiger partial charge in [0.05, 0.1) is 0 Å². The Bertz CT molecular complexity index is 696. The van der Waals surface area contributed by atoms with Gasteiger partial charge in [0.2, 0.25) is 0 Å². The van der Waals surface area contributed by atoms with E-state index >= 15 is 0 Å². The summed E-state index contributed by atoms with van der Waals surface area (Å²) in [5.41, 5.74) is 5.71. The lowest BCUT2D eigenvalue weighted by Gasteiger charge is -2.09. The normalized spacial score (nSPS) is 21.5. The zero-order valence-electron chi connectivity index (χ0n) is 12.7. The minimum Gasteiger partial charge on any atom is -0.0876 e. The van der Waals surface area contributed by atoms with E-state index in [9.17, 15) is 0 Å². The predicted octanol–water partition coefficient (Wildman–Crippen LogP) is 5.94. The number of rotatable bonds is 4. The Balaban J connectivity index is 1.37. The number of fused-ring (bicyclic) bond motifs is 2. The van der Waals surface area contributed by atoms with E-state index in [1.807, 2.05) is 0 Å². The van der Waals surface area contributed by atoms with Gasteiger partial charge in [0.25, 0.3) is 0 Å². The van der Waals surface area contributed by atoms with Gasteiger partial charge in [0, 0.05) is 11.8 Å². The van der Waals surface area contributed by atoms with Crippen LogP contribution in [-0.2, 0) is 0 Å². The number of allylic oxidation sites excluding steroid dienone is 4. The third kappa shape index (κ3) is 2.46. The Kier molecular flexibility index (Phi) is 3.52. The van der Waals surface area contributed by atoms with Crippen LogP contribution in [0.2, 0.25) is 0 Å². The van der Waals surface area contributed by atoms with Crippen LogP contribution in [0.3, 0.4) is 0 Å². The summed E-state index contributed by atoms with van der Waals surface area (Å²) in [4.78, 5) is 0. The van der Waals surface area contributed by atoms with Crippen LogP contribution in [0.25, 0.3) is 12.2 Å². The second-order valence-corrected chi connectivity index (χ2v) is 6.13. The van der Waals surface area contributed by atoms with Gasteiger partial charge in [0.1, 0.15) is 0 Å². The van der Waals surface area contributed by atoms with E-state index in [0.717, 1.165) is 12.8 Å². The molecule has 2 aliphatic carbocycles. The monoisotopic (exact) mass is 284 g/mol. The first-order valence-electron chi connectivity index (χ1n) is 8.11. The molecule has 0 radical (unpaired) electrons. The molecule has 0 amide bonds. The molecule has 0 aliphatic heterocycles. The minimum absolute atomic E-state index is 0.554. The van der Waals surface area contributed by atoms with Gasteiger partial charge < -0.3 is 0 Å². The molecular formula is C22H20. The van der Waals surface area contributed by atoms with Crippen molar-refractivity contribution in [3.63, 3.8) is 0 Å². The molecule has 4 rings (SSSR count). The molecule has 2 aromatic carbocycles. The van der Waals surface area contributed by atoms with Crippen LogP contribution < -0.4 is 0 Å². The summed E-state index contributed by atoms with van der Waals surface area (Å²) in [6.07, 6.45) is 16.1. The van der Waals surface area contributed by atoms with Gasteiger partial charge in [0.15, 0.2) is 0 Å². The maximum Gasteiger partial charge on any atom is 0.00617 e. The number of hydrogen-bond donors (Lipinski definition) is 0. The van der Waals surface area contributed by atoms with E-state index in [4.69, 9.17) is 0 Å². The van der Waals surface area contributed by atoms with Crippen LogP contribution in [0.1, 0.15) is 46.9 Å². The van der Waals surface area contributed by atoms with Crippen molar-refractivity contribution in [3.8, 4) is 0 Å². The maximum atomic E-state index is 2.35. The van der Waals surface area contributed by atoms with Crippen molar-refractivity contribution in [2.24, 2.45) is 0 Å². The third-order valence-electron chi connectivity index (χ3n) is 4.75. The molecule has 0 aromatic heterocycles. The van der Waals surface area contributed by atoms with E-state index in [-0.39, 0.29) is 0 Å². The second-order valence-electron chi connectivity index (χ2n) is 6.13. The molecule has 0 bridgehead atoms. The van der Waals surface area contributed by atoms with Crippen LogP contribution >= 0.6 is 0 Å². The molecule has 0 heterocycles. The van der Waals surface area contributed by atoms with Gasteiger partial charge in [-0.3, -0.25) is 0 Å². The van der Waals surface area contributed by atoms with E-state index in [0.29, 0.717) is 11.8 Å². The zero-order chi connectivity index (χ0) is 14.8. The summed E-state index contributed by atoms with van der Waals surface area (Å²) >= 11 is 0. The lowest BCUT2D eigenvalue weighted by atomic mass is 9.95. The third-order valence-corrected chi connectivity index (χ3v) is 4.75. The van der Waals surface area contributed by atoms with E-state index in [2.05, 4.69) is 85.0 Å². The molecule has 2 aromatic rings. The molecule has 0 nitrogen and oxygen atoms in total. The van der Waals surface area contributed by atoms with Gasteiger partial charge in [-0.2, -0.15) is 0 Å². The molecule has 108 valence electrons. The summed E-state index contributed by atoms with van der Waals surface area (Å²) in [7, 11) is 0. The summed E-state index contributed by atoms with van der Waals surface area (Å²) in [5.74, 6) is 1.11. The Morgan fingerprint density at radius 1 is 0.636 bits per heavy atom. The smallest absolute Gasteiger partial charge is 0.00617 e. The fourth-order valence-electron chi connectivity index (χ4n) is 3.54. The van der Waals surface area contributed by atoms with Crippen molar-refractivity contribution in [2.75, 3.05) is 0 Å². The van der Waals surface area contributed by atoms with Crippen LogP contribution in [0.5, 0.6) is 0 Å². The van der Waals surface area contributed by atoms with Crippen molar-refractivity contribution in [1.29, 1.82) is 0 Å². The van der Waals surface area contributed by atoms with Gasteiger partial charge in [-0.15, -0.1) is 0 Å². The molecule has 2 atom stereocenters. The molecule has 0 N–H and O–H groups in total. The quantitative estimate of drug-likeness (QED) is 0.609. The van der Waals surface area contributed by atoms with Crippen molar-refractivity contribution >= 4 is 12.2 Å². The highest BCUT2D eigenvalue weighted by Crippen LogP contribution is 2.34. The molecule has 2 aliphatic rings. The van der Waals surface area contributed by atoms with E-state index in [1.54, 1.807) is 0 Å². The van der Waals surface area contributed by atoms with Crippen LogP contribution in [0.4, 0.5) is 0 Å². The van der Waals surface area contributed by atoms with Gasteiger partial charge in [-0.05, 0) is 35.1 Å². The van der Waals surface area contributed by atoms with Crippen LogP contribution in [0, 0.1) is 0 Å². The molecule has 0 spiro atoms. The predicted molar refractivity (Wildman–Crippen MR) is 94.8 cm³/mol. The highest BCUT2D eigenvalue weighted by atomic mass is 14.2. The Hall–Kier alpha value is -2.34. The Morgan fingerprint density at radius 2 is 1.09 bits per heavy atom. The number of benzene rings is 2. The van der Waals surface area contributed by atoms with Gasteiger partial charge >= 0.3 is 0 Å². The molecule has 0 saturated carbocycles. The summed E-state index contributed by atoms with van der Waals surface area (Å²) in [6.45, 7) is 0. The minimum atomic E-state index is 0.554. The summed E-state index contributed by atoms with van der Waals surface area (Å²) in [5, 5.41) is 0. The van der Waals surface area contributed by atoms with Crippen molar-refractivity contribution < 1.29 is 0 Å². The highest BCUT2D eigenvalue weighted by Gasteiger charge is 2.16. The Labute approximate surface area is 132 Å². The highest BCUT2D eigenvalue weighted by molar-refractivity contribution is 5.63. The standard InChI is InChI=1S/C22H20/c1(7-17-13-15-19-9-3-5-11-21(17)19)2-8-18-14-16-20-10-4-6-12-22(18)20/h1-6,9-18H,7-8H2/b2-1+/t17-,18-/m1/s1. The SMILES string of the molecule is C1=C[C@@H](C/C=C/C[C@@H]2C=Cc3ccccc32)c2ccccc21. The van der Waals surface area contributed by atoms with E-state index in [1.165, 1.54) is 22.3 Å². The van der Waals surface area contributed by atoms with Crippen molar-refractivity contribution in [1.82, 2.24) is 0 Å². The Morgan fingerprint density at radius 3 is 1.59 bits per heavy atom. The fourth-order valence-corrected chi connectivity index (χ4v) is 3.54. The molecule has 0 fully saturated rings. The fraction of sp³-hybridized carbons (Fsp3) is 0.182. The largest absolute Gasteiger partial charge is 0.0876 e. The molecule has 0 heteroatoms. The van der Waals surface area contributed by atoms with Crippen LogP contribution in [0.15, 0.2) is 72.8 Å². The molecule has 0 saturated heterocycles. The van der Waals surface area contributed by atoms with Gasteiger partial charge in [-0.25, -0.2) is 0 Å². The second kappa shape index (κ2) is 5.81. The first-order valence-corrected chi connectivity index (χ1v) is 8.11. The topological polar surface area (TPSA) is 0 Å². The van der Waals surface area contributed by atoms with Gasteiger partial charge in [-0.1, -0.05) is 85.0 Å². The summed E-state index contributed by atoms with van der Waals surface area (Å²) in [6, 6.07) is 17.4. The average Bonchev–Trinajstić information content (AvgIpc) is 3.16. The summed E-state index contributed by atoms with van der Waals surface area (Å²) < 4.78 is 0. The maximum absolute atomic E-state index is 2.35. The lowest BCUT2D eigenvalue weighted by molar-refractivity contribution is 0.848. The van der Waals surface area contributed by atoms with E-state index < -0.39 is 0 Å². The first-order chi connectivity index (χ1) is 10.9. The average molecular weight is 284 g/mol.